The number of sulfonamides is 1. The SMILES string of the molecule is COCCNC(=O)CNC(=O)c1ccc(S(=O)(=O)N2CCCc3ccccc32)cc1. The van der Waals surface area contributed by atoms with Crippen molar-refractivity contribution in [1.29, 1.82) is 0 Å². The van der Waals surface area contributed by atoms with Gasteiger partial charge < -0.3 is 15.4 Å². The monoisotopic (exact) mass is 431 g/mol. The third-order valence-electron chi connectivity index (χ3n) is 4.81. The van der Waals surface area contributed by atoms with Crippen LogP contribution in [-0.4, -0.2) is 53.6 Å². The molecule has 0 unspecified atom stereocenters. The zero-order valence-corrected chi connectivity index (χ0v) is 17.6. The highest BCUT2D eigenvalue weighted by Gasteiger charge is 2.28. The maximum atomic E-state index is 13.1. The van der Waals surface area contributed by atoms with E-state index in [4.69, 9.17) is 4.74 Å². The van der Waals surface area contributed by atoms with Gasteiger partial charge in [0.15, 0.2) is 0 Å². The van der Waals surface area contributed by atoms with Crippen LogP contribution >= 0.6 is 0 Å². The Kier molecular flexibility index (Phi) is 7.07. The Morgan fingerprint density at radius 1 is 1.07 bits per heavy atom. The summed E-state index contributed by atoms with van der Waals surface area (Å²) in [6, 6.07) is 13.2. The number of ether oxygens (including phenoxy) is 1. The summed E-state index contributed by atoms with van der Waals surface area (Å²) in [6.07, 6.45) is 1.60. The number of hydrogen-bond donors (Lipinski definition) is 2. The number of benzene rings is 2. The van der Waals surface area contributed by atoms with Crippen LogP contribution in [0.1, 0.15) is 22.3 Å². The van der Waals surface area contributed by atoms with Crippen molar-refractivity contribution in [2.24, 2.45) is 0 Å². The van der Waals surface area contributed by atoms with Crippen molar-refractivity contribution in [2.75, 3.05) is 37.7 Å². The molecule has 2 N–H and O–H groups in total. The average molecular weight is 432 g/mol. The molecular formula is C21H25N3O5S. The Labute approximate surface area is 176 Å². The lowest BCUT2D eigenvalue weighted by atomic mass is 10.0. The lowest BCUT2D eigenvalue weighted by Gasteiger charge is -2.30. The Morgan fingerprint density at radius 2 is 1.80 bits per heavy atom. The molecule has 0 bridgehead atoms. The zero-order valence-electron chi connectivity index (χ0n) is 16.8. The number of methoxy groups -OCH3 is 1. The lowest BCUT2D eigenvalue weighted by Crippen LogP contribution is -2.38. The van der Waals surface area contributed by atoms with Gasteiger partial charge in [-0.3, -0.25) is 13.9 Å². The van der Waals surface area contributed by atoms with E-state index in [1.165, 1.54) is 35.7 Å². The van der Waals surface area contributed by atoms with E-state index in [-0.39, 0.29) is 22.9 Å². The Bertz CT molecular complexity index is 1010. The second kappa shape index (κ2) is 9.73. The first-order valence-electron chi connectivity index (χ1n) is 9.68. The number of hydrogen-bond acceptors (Lipinski definition) is 5. The lowest BCUT2D eigenvalue weighted by molar-refractivity contribution is -0.120. The van der Waals surface area contributed by atoms with Gasteiger partial charge in [0.2, 0.25) is 5.91 Å². The van der Waals surface area contributed by atoms with Crippen molar-refractivity contribution in [3.8, 4) is 0 Å². The highest BCUT2D eigenvalue weighted by molar-refractivity contribution is 7.92. The van der Waals surface area contributed by atoms with Crippen molar-refractivity contribution >= 4 is 27.5 Å². The second-order valence-electron chi connectivity index (χ2n) is 6.86. The van der Waals surface area contributed by atoms with E-state index in [9.17, 15) is 18.0 Å². The normalized spacial score (nSPS) is 13.4. The minimum Gasteiger partial charge on any atom is -0.383 e. The molecule has 0 spiro atoms. The quantitative estimate of drug-likeness (QED) is 0.614. The first kappa shape index (κ1) is 21.8. The maximum Gasteiger partial charge on any atom is 0.264 e. The molecule has 9 heteroatoms. The first-order valence-corrected chi connectivity index (χ1v) is 11.1. The van der Waals surface area contributed by atoms with Gasteiger partial charge in [0, 0.05) is 25.8 Å². The summed E-state index contributed by atoms with van der Waals surface area (Å²) < 4.78 is 32.5. The number of rotatable bonds is 8. The molecule has 2 aromatic carbocycles. The van der Waals surface area contributed by atoms with Gasteiger partial charge in [-0.2, -0.15) is 0 Å². The molecule has 1 aliphatic rings. The van der Waals surface area contributed by atoms with Crippen LogP contribution in [0.5, 0.6) is 0 Å². The molecule has 3 rings (SSSR count). The summed E-state index contributed by atoms with van der Waals surface area (Å²) in [4.78, 5) is 24.0. The molecule has 1 heterocycles. The third kappa shape index (κ3) is 4.98. The van der Waals surface area contributed by atoms with Crippen molar-refractivity contribution < 1.29 is 22.7 Å². The summed E-state index contributed by atoms with van der Waals surface area (Å²) in [5.74, 6) is -0.785. The number of anilines is 1. The largest absolute Gasteiger partial charge is 0.383 e. The maximum absolute atomic E-state index is 13.1. The molecule has 8 nitrogen and oxygen atoms in total. The van der Waals surface area contributed by atoms with Gasteiger partial charge in [-0.25, -0.2) is 8.42 Å². The summed E-state index contributed by atoms with van der Waals surface area (Å²) in [7, 11) is -2.20. The number of amides is 2. The molecule has 1 aliphatic heterocycles. The molecule has 0 radical (unpaired) electrons. The van der Waals surface area contributed by atoms with E-state index < -0.39 is 15.9 Å². The molecule has 0 fully saturated rings. The topological polar surface area (TPSA) is 105 Å². The van der Waals surface area contributed by atoms with Crippen LogP contribution in [-0.2, 0) is 26.0 Å². The molecule has 0 saturated carbocycles. The number of carbonyl (C=O) groups is 2. The van der Waals surface area contributed by atoms with Crippen molar-refractivity contribution in [3.05, 3.63) is 59.7 Å². The van der Waals surface area contributed by atoms with Gasteiger partial charge in [-0.05, 0) is 48.7 Å². The van der Waals surface area contributed by atoms with Crippen LogP contribution < -0.4 is 14.9 Å². The fourth-order valence-corrected chi connectivity index (χ4v) is 4.81. The van der Waals surface area contributed by atoms with Gasteiger partial charge >= 0.3 is 0 Å². The number of carbonyl (C=O) groups excluding carboxylic acids is 2. The predicted molar refractivity (Wildman–Crippen MR) is 113 cm³/mol. The standard InChI is InChI=1S/C21H25N3O5S/c1-29-14-12-22-20(25)15-23-21(26)17-8-10-18(11-9-17)30(27,28)24-13-4-6-16-5-2-3-7-19(16)24/h2-3,5,7-11H,4,6,12-15H2,1H3,(H,22,25)(H,23,26). The summed E-state index contributed by atoms with van der Waals surface area (Å²) in [5, 5.41) is 5.11. The summed E-state index contributed by atoms with van der Waals surface area (Å²) >= 11 is 0. The Balaban J connectivity index is 1.67. The van der Waals surface area contributed by atoms with Gasteiger partial charge in [-0.1, -0.05) is 18.2 Å². The number of fused-ring (bicyclic) bond motifs is 1. The van der Waals surface area contributed by atoms with Crippen LogP contribution in [0.4, 0.5) is 5.69 Å². The minimum absolute atomic E-state index is 0.119. The van der Waals surface area contributed by atoms with Crippen molar-refractivity contribution in [2.45, 2.75) is 17.7 Å². The summed E-state index contributed by atoms with van der Waals surface area (Å²) in [6.45, 7) is 0.988. The Hall–Kier alpha value is -2.91. The number of nitrogens with zero attached hydrogens (tertiary/aromatic N) is 1. The minimum atomic E-state index is -3.73. The molecule has 30 heavy (non-hydrogen) atoms. The number of aryl methyl sites for hydroxylation is 1. The van der Waals surface area contributed by atoms with E-state index in [1.807, 2.05) is 24.3 Å². The smallest absolute Gasteiger partial charge is 0.264 e. The molecule has 0 saturated heterocycles. The van der Waals surface area contributed by atoms with Crippen molar-refractivity contribution in [1.82, 2.24) is 10.6 Å². The highest BCUT2D eigenvalue weighted by Crippen LogP contribution is 2.31. The van der Waals surface area contributed by atoms with Gasteiger partial charge in [-0.15, -0.1) is 0 Å². The van der Waals surface area contributed by atoms with Crippen molar-refractivity contribution in [3.63, 3.8) is 0 Å². The molecule has 0 atom stereocenters. The number of para-hydroxylation sites is 1. The van der Waals surface area contributed by atoms with Gasteiger partial charge in [0.05, 0.1) is 23.7 Å². The van der Waals surface area contributed by atoms with E-state index in [0.717, 1.165) is 18.4 Å². The van der Waals surface area contributed by atoms with E-state index in [0.29, 0.717) is 25.4 Å². The highest BCUT2D eigenvalue weighted by atomic mass is 32.2. The van der Waals surface area contributed by atoms with Crippen LogP contribution in [0.2, 0.25) is 0 Å². The van der Waals surface area contributed by atoms with E-state index >= 15 is 0 Å². The van der Waals surface area contributed by atoms with E-state index in [2.05, 4.69) is 10.6 Å². The molecule has 160 valence electrons. The van der Waals surface area contributed by atoms with Crippen LogP contribution in [0.3, 0.4) is 0 Å². The van der Waals surface area contributed by atoms with Gasteiger partial charge in [0.1, 0.15) is 0 Å². The molecule has 2 amide bonds. The fourth-order valence-electron chi connectivity index (χ4n) is 3.27. The Morgan fingerprint density at radius 3 is 2.53 bits per heavy atom. The van der Waals surface area contributed by atoms with Crippen LogP contribution in [0.25, 0.3) is 0 Å². The second-order valence-corrected chi connectivity index (χ2v) is 8.72. The average Bonchev–Trinajstić information content (AvgIpc) is 2.77. The molecule has 0 aliphatic carbocycles. The fraction of sp³-hybridized carbons (Fsp3) is 0.333. The zero-order chi connectivity index (χ0) is 21.6. The molecule has 0 aromatic heterocycles. The van der Waals surface area contributed by atoms with Gasteiger partial charge in [0.25, 0.3) is 15.9 Å². The first-order chi connectivity index (χ1) is 14.4. The molecular weight excluding hydrogens is 406 g/mol. The molecule has 2 aromatic rings. The van der Waals surface area contributed by atoms with E-state index in [1.54, 1.807) is 0 Å². The third-order valence-corrected chi connectivity index (χ3v) is 6.64. The van der Waals surface area contributed by atoms with Crippen LogP contribution in [0, 0.1) is 0 Å². The van der Waals surface area contributed by atoms with Crippen LogP contribution in [0.15, 0.2) is 53.4 Å². The number of nitrogens with one attached hydrogen (secondary N) is 2. The summed E-state index contributed by atoms with van der Waals surface area (Å²) in [5.41, 5.74) is 1.98. The predicted octanol–water partition coefficient (Wildman–Crippen LogP) is 1.32.